The Morgan fingerprint density at radius 3 is 2.25 bits per heavy atom. The number of benzene rings is 2. The van der Waals surface area contributed by atoms with Crippen molar-refractivity contribution in [2.75, 3.05) is 58.4 Å². The molecule has 2 aromatic carbocycles. The highest BCUT2D eigenvalue weighted by atomic mass is 35.5. The predicted molar refractivity (Wildman–Crippen MR) is 114 cm³/mol. The summed E-state index contributed by atoms with van der Waals surface area (Å²) in [5.41, 5.74) is 2.92. The van der Waals surface area contributed by atoms with E-state index in [-0.39, 0.29) is 5.91 Å². The first-order chi connectivity index (χ1) is 13.5. The van der Waals surface area contributed by atoms with E-state index >= 15 is 0 Å². The molecule has 0 radical (unpaired) electrons. The standard InChI is InChI=1S/C22H28ClN3O2/c1-24(2)11-12-26(17-18-3-7-20(23)8-4-18)22(27)19-5-9-21(10-6-19)25-13-15-28-16-14-25/h3-10H,11-17H2,1-2H3. The summed E-state index contributed by atoms with van der Waals surface area (Å²) in [7, 11) is 4.03. The van der Waals surface area contributed by atoms with Crippen LogP contribution < -0.4 is 4.90 Å². The fraction of sp³-hybridized carbons (Fsp3) is 0.409. The fourth-order valence-electron chi connectivity index (χ4n) is 3.20. The third kappa shape index (κ3) is 5.71. The van der Waals surface area contributed by atoms with Crippen LogP contribution in [0.2, 0.25) is 5.02 Å². The van der Waals surface area contributed by atoms with Crippen molar-refractivity contribution in [1.82, 2.24) is 9.80 Å². The first-order valence-corrected chi connectivity index (χ1v) is 10.0. The second-order valence-corrected chi connectivity index (χ2v) is 7.74. The average Bonchev–Trinajstić information content (AvgIpc) is 2.72. The molecule has 0 saturated carbocycles. The maximum Gasteiger partial charge on any atom is 0.254 e. The van der Waals surface area contributed by atoms with Gasteiger partial charge >= 0.3 is 0 Å². The monoisotopic (exact) mass is 401 g/mol. The Morgan fingerprint density at radius 1 is 1.00 bits per heavy atom. The molecule has 5 nitrogen and oxygen atoms in total. The van der Waals surface area contributed by atoms with Gasteiger partial charge in [0.05, 0.1) is 13.2 Å². The van der Waals surface area contributed by atoms with Gasteiger partial charge in [0.15, 0.2) is 0 Å². The molecule has 1 aliphatic rings. The van der Waals surface area contributed by atoms with Gasteiger partial charge in [-0.25, -0.2) is 0 Å². The van der Waals surface area contributed by atoms with Gasteiger partial charge < -0.3 is 19.4 Å². The molecule has 1 aliphatic heterocycles. The largest absolute Gasteiger partial charge is 0.378 e. The van der Waals surface area contributed by atoms with E-state index < -0.39 is 0 Å². The van der Waals surface area contributed by atoms with Crippen molar-refractivity contribution >= 4 is 23.2 Å². The summed E-state index contributed by atoms with van der Waals surface area (Å²) >= 11 is 5.99. The highest BCUT2D eigenvalue weighted by Gasteiger charge is 2.18. The maximum atomic E-state index is 13.2. The molecule has 0 spiro atoms. The van der Waals surface area contributed by atoms with Crippen LogP contribution in [-0.2, 0) is 11.3 Å². The van der Waals surface area contributed by atoms with Crippen molar-refractivity contribution < 1.29 is 9.53 Å². The highest BCUT2D eigenvalue weighted by Crippen LogP contribution is 2.19. The molecule has 0 unspecified atom stereocenters. The Balaban J connectivity index is 1.72. The van der Waals surface area contributed by atoms with E-state index in [2.05, 4.69) is 9.80 Å². The second-order valence-electron chi connectivity index (χ2n) is 7.30. The summed E-state index contributed by atoms with van der Waals surface area (Å²) in [5.74, 6) is 0.0466. The number of hydrogen-bond acceptors (Lipinski definition) is 4. The van der Waals surface area contributed by atoms with Gasteiger partial charge in [0.2, 0.25) is 0 Å². The van der Waals surface area contributed by atoms with Gasteiger partial charge in [-0.05, 0) is 56.1 Å². The summed E-state index contributed by atoms with van der Waals surface area (Å²) in [5, 5.41) is 0.702. The molecule has 1 heterocycles. The molecule has 0 bridgehead atoms. The van der Waals surface area contributed by atoms with Gasteiger partial charge in [0.25, 0.3) is 5.91 Å². The van der Waals surface area contributed by atoms with Gasteiger partial charge in [-0.15, -0.1) is 0 Å². The number of amides is 1. The lowest BCUT2D eigenvalue weighted by Gasteiger charge is -2.29. The van der Waals surface area contributed by atoms with Crippen LogP contribution in [0.5, 0.6) is 0 Å². The Bertz CT molecular complexity index is 756. The van der Waals surface area contributed by atoms with Gasteiger partial charge in [-0.1, -0.05) is 23.7 Å². The van der Waals surface area contributed by atoms with Crippen LogP contribution in [0.1, 0.15) is 15.9 Å². The molecule has 2 aromatic rings. The number of rotatable bonds is 7. The molecule has 1 amide bonds. The topological polar surface area (TPSA) is 36.0 Å². The van der Waals surface area contributed by atoms with Gasteiger partial charge in [-0.3, -0.25) is 4.79 Å². The second kappa shape index (κ2) is 9.92. The average molecular weight is 402 g/mol. The fourth-order valence-corrected chi connectivity index (χ4v) is 3.33. The van der Waals surface area contributed by atoms with Gasteiger partial charge in [0, 0.05) is 49.0 Å². The molecule has 28 heavy (non-hydrogen) atoms. The number of likely N-dealkylation sites (N-methyl/N-ethyl adjacent to an activating group) is 1. The zero-order chi connectivity index (χ0) is 19.9. The van der Waals surface area contributed by atoms with Crippen LogP contribution in [-0.4, -0.2) is 69.2 Å². The SMILES string of the molecule is CN(C)CCN(Cc1ccc(Cl)cc1)C(=O)c1ccc(N2CCOCC2)cc1. The molecule has 1 saturated heterocycles. The molecule has 150 valence electrons. The van der Waals surface area contributed by atoms with Crippen LogP contribution >= 0.6 is 11.6 Å². The summed E-state index contributed by atoms with van der Waals surface area (Å²) < 4.78 is 5.41. The minimum atomic E-state index is 0.0466. The molecule has 3 rings (SSSR count). The predicted octanol–water partition coefficient (Wildman–Crippen LogP) is 3.38. The van der Waals surface area contributed by atoms with Gasteiger partial charge in [0.1, 0.15) is 0 Å². The Labute approximate surface area is 172 Å². The van der Waals surface area contributed by atoms with E-state index in [1.165, 1.54) is 0 Å². The molecule has 0 atom stereocenters. The zero-order valence-electron chi connectivity index (χ0n) is 16.6. The van der Waals surface area contributed by atoms with Crippen LogP contribution in [0, 0.1) is 0 Å². The molecule has 0 aliphatic carbocycles. The molecular formula is C22H28ClN3O2. The lowest BCUT2D eigenvalue weighted by atomic mass is 10.1. The number of anilines is 1. The molecule has 0 N–H and O–H groups in total. The number of ether oxygens (including phenoxy) is 1. The van der Waals surface area contributed by atoms with Crippen LogP contribution in [0.3, 0.4) is 0 Å². The summed E-state index contributed by atoms with van der Waals surface area (Å²) in [6.07, 6.45) is 0. The number of halogens is 1. The number of carbonyl (C=O) groups excluding carboxylic acids is 1. The quantitative estimate of drug-likeness (QED) is 0.712. The van der Waals surface area contributed by atoms with Crippen LogP contribution in [0.15, 0.2) is 48.5 Å². The van der Waals surface area contributed by atoms with E-state index in [1.807, 2.05) is 67.5 Å². The molecule has 6 heteroatoms. The summed E-state index contributed by atoms with van der Waals surface area (Å²) in [4.78, 5) is 19.4. The van der Waals surface area contributed by atoms with E-state index in [4.69, 9.17) is 16.3 Å². The summed E-state index contributed by atoms with van der Waals surface area (Å²) in [6, 6.07) is 15.6. The number of nitrogens with zero attached hydrogens (tertiary/aromatic N) is 3. The van der Waals surface area contributed by atoms with Crippen molar-refractivity contribution in [2.24, 2.45) is 0 Å². The van der Waals surface area contributed by atoms with Crippen molar-refractivity contribution in [3.05, 3.63) is 64.7 Å². The van der Waals surface area contributed by atoms with Crippen molar-refractivity contribution in [3.8, 4) is 0 Å². The smallest absolute Gasteiger partial charge is 0.254 e. The lowest BCUT2D eigenvalue weighted by Crippen LogP contribution is -2.37. The highest BCUT2D eigenvalue weighted by molar-refractivity contribution is 6.30. The lowest BCUT2D eigenvalue weighted by molar-refractivity contribution is 0.0732. The van der Waals surface area contributed by atoms with Gasteiger partial charge in [-0.2, -0.15) is 0 Å². The third-order valence-corrected chi connectivity index (χ3v) is 5.13. The molecule has 0 aromatic heterocycles. The van der Waals surface area contributed by atoms with Crippen LogP contribution in [0.4, 0.5) is 5.69 Å². The van der Waals surface area contributed by atoms with Crippen LogP contribution in [0.25, 0.3) is 0 Å². The zero-order valence-corrected chi connectivity index (χ0v) is 17.4. The normalized spacial score (nSPS) is 14.4. The van der Waals surface area contributed by atoms with Crippen molar-refractivity contribution in [1.29, 1.82) is 0 Å². The first kappa shape index (κ1) is 20.6. The van der Waals surface area contributed by atoms with E-state index in [0.29, 0.717) is 23.7 Å². The van der Waals surface area contributed by atoms with E-state index in [1.54, 1.807) is 0 Å². The minimum absolute atomic E-state index is 0.0466. The van der Waals surface area contributed by atoms with Crippen molar-refractivity contribution in [3.63, 3.8) is 0 Å². The van der Waals surface area contributed by atoms with Crippen molar-refractivity contribution in [2.45, 2.75) is 6.54 Å². The first-order valence-electron chi connectivity index (χ1n) is 9.64. The summed E-state index contributed by atoms with van der Waals surface area (Å²) in [6.45, 7) is 5.32. The third-order valence-electron chi connectivity index (χ3n) is 4.88. The van der Waals surface area contributed by atoms with E-state index in [9.17, 15) is 4.79 Å². The Kier molecular flexibility index (Phi) is 7.31. The molecular weight excluding hydrogens is 374 g/mol. The number of carbonyl (C=O) groups is 1. The Morgan fingerprint density at radius 2 is 1.64 bits per heavy atom. The minimum Gasteiger partial charge on any atom is -0.378 e. The van der Waals surface area contributed by atoms with E-state index in [0.717, 1.165) is 44.1 Å². The number of hydrogen-bond donors (Lipinski definition) is 0. The Hall–Kier alpha value is -2.08. The molecule has 1 fully saturated rings. The maximum absolute atomic E-state index is 13.2. The number of morpholine rings is 1.